The van der Waals surface area contributed by atoms with E-state index >= 15 is 0 Å². The normalized spacial score (nSPS) is 20.6. The zero-order valence-electron chi connectivity index (χ0n) is 11.8. The summed E-state index contributed by atoms with van der Waals surface area (Å²) in [6.45, 7) is 7.75. The van der Waals surface area contributed by atoms with Gasteiger partial charge in [0.2, 0.25) is 5.91 Å². The third kappa shape index (κ3) is 3.96. The van der Waals surface area contributed by atoms with Crippen molar-refractivity contribution in [2.75, 3.05) is 18.8 Å². The molecule has 1 aliphatic heterocycles. The van der Waals surface area contributed by atoms with E-state index in [-0.39, 0.29) is 11.3 Å². The van der Waals surface area contributed by atoms with E-state index in [1.165, 1.54) is 6.42 Å². The molecule has 0 radical (unpaired) electrons. The molecule has 0 unspecified atom stereocenters. The predicted molar refractivity (Wildman–Crippen MR) is 75.9 cm³/mol. The maximum absolute atomic E-state index is 12.3. The molecule has 19 heavy (non-hydrogen) atoms. The van der Waals surface area contributed by atoms with Gasteiger partial charge in [-0.25, -0.2) is 0 Å². The van der Waals surface area contributed by atoms with E-state index in [0.29, 0.717) is 5.92 Å². The van der Waals surface area contributed by atoms with Crippen LogP contribution < -0.4 is 0 Å². The highest BCUT2D eigenvalue weighted by Gasteiger charge is 2.30. The number of amides is 1. The highest BCUT2D eigenvalue weighted by molar-refractivity contribution is 7.99. The smallest absolute Gasteiger partial charge is 0.227 e. The van der Waals surface area contributed by atoms with E-state index in [2.05, 4.69) is 15.4 Å². The Morgan fingerprint density at radius 3 is 3.00 bits per heavy atom. The fourth-order valence-electron chi connectivity index (χ4n) is 2.32. The molecule has 0 aromatic carbocycles. The van der Waals surface area contributed by atoms with Gasteiger partial charge in [-0.3, -0.25) is 4.79 Å². The Kier molecular flexibility index (Phi) is 4.50. The fourth-order valence-corrected chi connectivity index (χ4v) is 3.23. The zero-order chi connectivity index (χ0) is 13.9. The molecule has 1 N–H and O–H groups in total. The SMILES string of the molecule is CC(C)(C)C(=O)N1CCC[C@@H](CSc2cn[nH]n2)C1. The molecule has 1 fully saturated rings. The Balaban J connectivity index is 1.85. The molecule has 0 saturated carbocycles. The maximum Gasteiger partial charge on any atom is 0.227 e. The minimum atomic E-state index is -0.277. The van der Waals surface area contributed by atoms with Crippen molar-refractivity contribution in [2.45, 2.75) is 38.6 Å². The molecule has 1 aliphatic rings. The van der Waals surface area contributed by atoms with Crippen molar-refractivity contribution in [3.05, 3.63) is 6.20 Å². The molecule has 5 nitrogen and oxygen atoms in total. The molecule has 106 valence electrons. The number of thioether (sulfide) groups is 1. The minimum Gasteiger partial charge on any atom is -0.342 e. The Morgan fingerprint density at radius 1 is 1.58 bits per heavy atom. The minimum absolute atomic E-state index is 0.267. The van der Waals surface area contributed by atoms with Crippen molar-refractivity contribution in [3.8, 4) is 0 Å². The van der Waals surface area contributed by atoms with Crippen molar-refractivity contribution in [2.24, 2.45) is 11.3 Å². The topological polar surface area (TPSA) is 61.9 Å². The number of aromatic amines is 1. The van der Waals surface area contributed by atoms with Crippen molar-refractivity contribution in [3.63, 3.8) is 0 Å². The quantitative estimate of drug-likeness (QED) is 0.863. The van der Waals surface area contributed by atoms with Crippen LogP contribution in [0.15, 0.2) is 11.2 Å². The van der Waals surface area contributed by atoms with E-state index in [9.17, 15) is 4.79 Å². The van der Waals surface area contributed by atoms with Gasteiger partial charge in [-0.15, -0.1) is 16.9 Å². The number of carbonyl (C=O) groups is 1. The van der Waals surface area contributed by atoms with Crippen LogP contribution in [0, 0.1) is 11.3 Å². The molecular formula is C13H22N4OS. The van der Waals surface area contributed by atoms with Crippen LogP contribution in [0.25, 0.3) is 0 Å². The third-order valence-electron chi connectivity index (χ3n) is 3.31. The van der Waals surface area contributed by atoms with Crippen molar-refractivity contribution in [1.29, 1.82) is 0 Å². The first kappa shape index (κ1) is 14.4. The van der Waals surface area contributed by atoms with Crippen LogP contribution in [0.4, 0.5) is 0 Å². The van der Waals surface area contributed by atoms with E-state index in [1.807, 2.05) is 25.7 Å². The summed E-state index contributed by atoms with van der Waals surface area (Å²) >= 11 is 1.71. The number of hydrogen-bond donors (Lipinski definition) is 1. The average Bonchev–Trinajstić information content (AvgIpc) is 2.88. The number of H-pyrrole nitrogens is 1. The van der Waals surface area contributed by atoms with E-state index in [4.69, 9.17) is 0 Å². The Morgan fingerprint density at radius 2 is 2.37 bits per heavy atom. The van der Waals surface area contributed by atoms with Crippen LogP contribution in [-0.4, -0.2) is 45.1 Å². The highest BCUT2D eigenvalue weighted by Crippen LogP contribution is 2.27. The van der Waals surface area contributed by atoms with Gasteiger partial charge in [-0.2, -0.15) is 10.3 Å². The lowest BCUT2D eigenvalue weighted by molar-refractivity contribution is -0.141. The summed E-state index contributed by atoms with van der Waals surface area (Å²) in [6, 6.07) is 0. The molecular weight excluding hydrogens is 260 g/mol. The highest BCUT2D eigenvalue weighted by atomic mass is 32.2. The number of likely N-dealkylation sites (tertiary alicyclic amines) is 1. The van der Waals surface area contributed by atoms with Gasteiger partial charge < -0.3 is 4.90 Å². The van der Waals surface area contributed by atoms with Crippen LogP contribution >= 0.6 is 11.8 Å². The fraction of sp³-hybridized carbons (Fsp3) is 0.769. The van der Waals surface area contributed by atoms with Crippen molar-refractivity contribution < 1.29 is 4.79 Å². The standard InChI is InChI=1S/C13H22N4OS/c1-13(2,3)12(18)17-6-4-5-10(8-17)9-19-11-7-14-16-15-11/h7,10H,4-6,8-9H2,1-3H3,(H,14,15,16)/t10-/m1/s1. The lowest BCUT2D eigenvalue weighted by Crippen LogP contribution is -2.45. The molecule has 2 rings (SSSR count). The number of carbonyl (C=O) groups excluding carboxylic acids is 1. The summed E-state index contributed by atoms with van der Waals surface area (Å²) in [5.41, 5.74) is -0.277. The first-order valence-electron chi connectivity index (χ1n) is 6.75. The summed E-state index contributed by atoms with van der Waals surface area (Å²) in [4.78, 5) is 14.3. The van der Waals surface area contributed by atoms with Gasteiger partial charge in [0.05, 0.1) is 6.20 Å². The molecule has 1 amide bonds. The first-order chi connectivity index (χ1) is 8.97. The summed E-state index contributed by atoms with van der Waals surface area (Å²) in [7, 11) is 0. The van der Waals surface area contributed by atoms with E-state index in [0.717, 1.165) is 30.3 Å². The number of piperidine rings is 1. The molecule has 0 bridgehead atoms. The Bertz CT molecular complexity index is 413. The van der Waals surface area contributed by atoms with Crippen molar-refractivity contribution >= 4 is 17.7 Å². The number of hydrogen-bond acceptors (Lipinski definition) is 4. The molecule has 1 aromatic heterocycles. The second-order valence-corrected chi connectivity index (χ2v) is 7.17. The van der Waals surface area contributed by atoms with Crippen molar-refractivity contribution in [1.82, 2.24) is 20.3 Å². The average molecular weight is 282 g/mol. The molecule has 1 atom stereocenters. The Hall–Kier alpha value is -1.04. The monoisotopic (exact) mass is 282 g/mol. The van der Waals surface area contributed by atoms with Crippen LogP contribution in [0.1, 0.15) is 33.6 Å². The summed E-state index contributed by atoms with van der Waals surface area (Å²) in [5.74, 6) is 1.82. The number of nitrogens with zero attached hydrogens (tertiary/aromatic N) is 3. The van der Waals surface area contributed by atoms with Gasteiger partial charge in [0.15, 0.2) is 0 Å². The summed E-state index contributed by atoms with van der Waals surface area (Å²) < 4.78 is 0. The van der Waals surface area contributed by atoms with Gasteiger partial charge >= 0.3 is 0 Å². The van der Waals surface area contributed by atoms with Gasteiger partial charge in [0.25, 0.3) is 0 Å². The van der Waals surface area contributed by atoms with E-state index in [1.54, 1.807) is 18.0 Å². The van der Waals surface area contributed by atoms with Gasteiger partial charge in [-0.05, 0) is 18.8 Å². The molecule has 0 aliphatic carbocycles. The van der Waals surface area contributed by atoms with E-state index < -0.39 is 0 Å². The van der Waals surface area contributed by atoms with Crippen LogP contribution in [0.5, 0.6) is 0 Å². The van der Waals surface area contributed by atoms with Crippen LogP contribution in [0.2, 0.25) is 0 Å². The first-order valence-corrected chi connectivity index (χ1v) is 7.73. The number of nitrogens with one attached hydrogen (secondary N) is 1. The third-order valence-corrected chi connectivity index (χ3v) is 4.44. The second-order valence-electron chi connectivity index (χ2n) is 6.13. The zero-order valence-corrected chi connectivity index (χ0v) is 12.7. The summed E-state index contributed by atoms with van der Waals surface area (Å²) in [5, 5.41) is 11.4. The van der Waals surface area contributed by atoms with Gasteiger partial charge in [0, 0.05) is 24.3 Å². The van der Waals surface area contributed by atoms with Gasteiger partial charge in [-0.1, -0.05) is 20.8 Å². The number of rotatable bonds is 3. The Labute approximate surface area is 118 Å². The largest absolute Gasteiger partial charge is 0.342 e. The van der Waals surface area contributed by atoms with Gasteiger partial charge in [0.1, 0.15) is 5.03 Å². The lowest BCUT2D eigenvalue weighted by Gasteiger charge is -2.36. The predicted octanol–water partition coefficient (Wildman–Crippen LogP) is 2.18. The molecule has 1 aromatic rings. The molecule has 1 saturated heterocycles. The second kappa shape index (κ2) is 5.94. The lowest BCUT2D eigenvalue weighted by atomic mass is 9.92. The van der Waals surface area contributed by atoms with Crippen LogP contribution in [-0.2, 0) is 4.79 Å². The molecule has 6 heteroatoms. The molecule has 2 heterocycles. The summed E-state index contributed by atoms with van der Waals surface area (Å²) in [6.07, 6.45) is 4.04. The molecule has 0 spiro atoms. The maximum atomic E-state index is 12.3. The number of aromatic nitrogens is 3. The van der Waals surface area contributed by atoms with Crippen LogP contribution in [0.3, 0.4) is 0 Å².